The predicted molar refractivity (Wildman–Crippen MR) is 74.1 cm³/mol. The molecule has 92 valence electrons. The molecule has 0 saturated carbocycles. The number of carbonyl (C=O) groups excluding carboxylic acids is 1. The SMILES string of the molecule is CSC1=NC(=Cc2ccc3c(c2)OCO3)C(=O)S1. The molecule has 0 spiro atoms. The minimum absolute atomic E-state index is 0.0167. The minimum Gasteiger partial charge on any atom is -0.454 e. The van der Waals surface area contributed by atoms with E-state index in [4.69, 9.17) is 9.47 Å². The Balaban J connectivity index is 1.92. The Hall–Kier alpha value is -1.40. The van der Waals surface area contributed by atoms with Gasteiger partial charge in [0.15, 0.2) is 11.5 Å². The van der Waals surface area contributed by atoms with Crippen molar-refractivity contribution in [2.45, 2.75) is 0 Å². The van der Waals surface area contributed by atoms with E-state index in [1.165, 1.54) is 23.5 Å². The molecule has 2 aliphatic rings. The first-order valence-electron chi connectivity index (χ1n) is 5.22. The van der Waals surface area contributed by atoms with Crippen LogP contribution in [0, 0.1) is 0 Å². The molecule has 2 heterocycles. The summed E-state index contributed by atoms with van der Waals surface area (Å²) in [5.74, 6) is 1.44. The summed E-state index contributed by atoms with van der Waals surface area (Å²) < 4.78 is 11.3. The second-order valence-electron chi connectivity index (χ2n) is 3.61. The summed E-state index contributed by atoms with van der Waals surface area (Å²) in [6, 6.07) is 5.56. The Labute approximate surface area is 112 Å². The molecular formula is C12H9NO3S2. The zero-order valence-corrected chi connectivity index (χ0v) is 11.1. The number of fused-ring (bicyclic) bond motifs is 1. The lowest BCUT2D eigenvalue weighted by atomic mass is 10.2. The number of hydrogen-bond donors (Lipinski definition) is 0. The number of thioether (sulfide) groups is 2. The average Bonchev–Trinajstić information content (AvgIpc) is 2.96. The van der Waals surface area contributed by atoms with Crippen LogP contribution in [0.25, 0.3) is 6.08 Å². The van der Waals surface area contributed by atoms with Crippen molar-refractivity contribution in [2.24, 2.45) is 4.99 Å². The Bertz CT molecular complexity index is 581. The van der Waals surface area contributed by atoms with Gasteiger partial charge in [-0.05, 0) is 41.8 Å². The molecular weight excluding hydrogens is 270 g/mol. The van der Waals surface area contributed by atoms with Crippen molar-refractivity contribution in [3.8, 4) is 11.5 Å². The summed E-state index contributed by atoms with van der Waals surface area (Å²) in [4.78, 5) is 16.0. The summed E-state index contributed by atoms with van der Waals surface area (Å²) >= 11 is 2.65. The lowest BCUT2D eigenvalue weighted by molar-refractivity contribution is -0.107. The molecule has 0 aliphatic carbocycles. The lowest BCUT2D eigenvalue weighted by Crippen LogP contribution is -1.92. The lowest BCUT2D eigenvalue weighted by Gasteiger charge is -1.98. The molecule has 1 aromatic rings. The molecule has 0 radical (unpaired) electrons. The highest BCUT2D eigenvalue weighted by atomic mass is 32.2. The van der Waals surface area contributed by atoms with Gasteiger partial charge in [-0.2, -0.15) is 0 Å². The first-order chi connectivity index (χ1) is 8.76. The van der Waals surface area contributed by atoms with Gasteiger partial charge >= 0.3 is 0 Å². The zero-order valence-electron chi connectivity index (χ0n) is 9.50. The average molecular weight is 279 g/mol. The summed E-state index contributed by atoms with van der Waals surface area (Å²) in [7, 11) is 0. The smallest absolute Gasteiger partial charge is 0.244 e. The zero-order chi connectivity index (χ0) is 12.5. The molecule has 0 atom stereocenters. The highest BCUT2D eigenvalue weighted by Gasteiger charge is 2.21. The van der Waals surface area contributed by atoms with Gasteiger partial charge in [-0.3, -0.25) is 4.79 Å². The van der Waals surface area contributed by atoms with E-state index in [0.29, 0.717) is 11.4 Å². The Morgan fingerprint density at radius 1 is 1.39 bits per heavy atom. The van der Waals surface area contributed by atoms with Crippen LogP contribution in [0.2, 0.25) is 0 Å². The van der Waals surface area contributed by atoms with Crippen molar-refractivity contribution in [3.05, 3.63) is 29.5 Å². The van der Waals surface area contributed by atoms with Crippen molar-refractivity contribution in [2.75, 3.05) is 13.0 Å². The van der Waals surface area contributed by atoms with Gasteiger partial charge in [0.2, 0.25) is 11.9 Å². The van der Waals surface area contributed by atoms with E-state index in [0.717, 1.165) is 15.7 Å². The Morgan fingerprint density at radius 2 is 2.22 bits per heavy atom. The molecule has 6 heteroatoms. The number of rotatable bonds is 1. The third-order valence-corrected chi connectivity index (χ3v) is 4.33. The van der Waals surface area contributed by atoms with Gasteiger partial charge < -0.3 is 9.47 Å². The molecule has 0 fully saturated rings. The predicted octanol–water partition coefficient (Wildman–Crippen LogP) is 2.75. The van der Waals surface area contributed by atoms with Crippen LogP contribution in [0.3, 0.4) is 0 Å². The van der Waals surface area contributed by atoms with Crippen molar-refractivity contribution in [1.29, 1.82) is 0 Å². The van der Waals surface area contributed by atoms with E-state index in [-0.39, 0.29) is 11.9 Å². The van der Waals surface area contributed by atoms with Gasteiger partial charge in [0.05, 0.1) is 0 Å². The van der Waals surface area contributed by atoms with Gasteiger partial charge in [-0.1, -0.05) is 6.07 Å². The number of hydrogen-bond acceptors (Lipinski definition) is 6. The van der Waals surface area contributed by atoms with Crippen LogP contribution in [0.15, 0.2) is 28.9 Å². The van der Waals surface area contributed by atoms with Gasteiger partial charge in [0, 0.05) is 0 Å². The van der Waals surface area contributed by atoms with E-state index in [2.05, 4.69) is 4.99 Å². The monoisotopic (exact) mass is 279 g/mol. The maximum atomic E-state index is 11.7. The maximum absolute atomic E-state index is 11.7. The maximum Gasteiger partial charge on any atom is 0.244 e. The topological polar surface area (TPSA) is 47.9 Å². The van der Waals surface area contributed by atoms with E-state index in [1.807, 2.05) is 24.5 Å². The molecule has 0 N–H and O–H groups in total. The number of benzene rings is 1. The number of carbonyl (C=O) groups is 1. The molecule has 0 unspecified atom stereocenters. The third kappa shape index (κ3) is 2.13. The van der Waals surface area contributed by atoms with Crippen molar-refractivity contribution < 1.29 is 14.3 Å². The van der Waals surface area contributed by atoms with Gasteiger partial charge in [-0.15, -0.1) is 11.8 Å². The molecule has 18 heavy (non-hydrogen) atoms. The summed E-state index contributed by atoms with van der Waals surface area (Å²) in [5, 5.41) is -0.0167. The van der Waals surface area contributed by atoms with Gasteiger partial charge in [-0.25, -0.2) is 4.99 Å². The molecule has 0 bridgehead atoms. The van der Waals surface area contributed by atoms with Crippen LogP contribution < -0.4 is 9.47 Å². The van der Waals surface area contributed by atoms with Crippen molar-refractivity contribution in [1.82, 2.24) is 0 Å². The second kappa shape index (κ2) is 4.70. The molecule has 1 aromatic carbocycles. The molecule has 0 aromatic heterocycles. The van der Waals surface area contributed by atoms with Gasteiger partial charge in [0.1, 0.15) is 10.1 Å². The second-order valence-corrected chi connectivity index (χ2v) is 5.63. The van der Waals surface area contributed by atoms with E-state index in [9.17, 15) is 4.79 Å². The Kier molecular flexibility index (Phi) is 3.05. The standard InChI is InChI=1S/C12H9NO3S2/c1-17-12-13-8(11(14)18-12)4-7-2-3-9-10(5-7)16-6-15-9/h2-5H,6H2,1H3. The van der Waals surface area contributed by atoms with Crippen molar-refractivity contribution in [3.63, 3.8) is 0 Å². The molecule has 2 aliphatic heterocycles. The first-order valence-corrected chi connectivity index (χ1v) is 7.26. The molecule has 0 amide bonds. The first kappa shape index (κ1) is 11.7. The van der Waals surface area contributed by atoms with Crippen LogP contribution in [0.4, 0.5) is 0 Å². The number of ether oxygens (including phenoxy) is 2. The summed E-state index contributed by atoms with van der Waals surface area (Å²) in [6.45, 7) is 0.249. The van der Waals surface area contributed by atoms with E-state index < -0.39 is 0 Å². The van der Waals surface area contributed by atoms with Crippen LogP contribution in [-0.2, 0) is 4.79 Å². The van der Waals surface area contributed by atoms with Crippen molar-refractivity contribution >= 4 is 39.1 Å². The number of aliphatic imine (C=N–C) groups is 1. The fourth-order valence-electron chi connectivity index (χ4n) is 1.64. The number of nitrogens with zero attached hydrogens (tertiary/aromatic N) is 1. The van der Waals surface area contributed by atoms with E-state index in [1.54, 1.807) is 6.08 Å². The third-order valence-electron chi connectivity index (χ3n) is 2.48. The largest absolute Gasteiger partial charge is 0.454 e. The summed E-state index contributed by atoms with van der Waals surface area (Å²) in [6.07, 6.45) is 3.67. The highest BCUT2D eigenvalue weighted by Crippen LogP contribution is 2.34. The fourth-order valence-corrected chi connectivity index (χ4v) is 2.90. The van der Waals surface area contributed by atoms with Gasteiger partial charge in [0.25, 0.3) is 0 Å². The highest BCUT2D eigenvalue weighted by molar-refractivity contribution is 8.45. The van der Waals surface area contributed by atoms with Crippen LogP contribution in [0.1, 0.15) is 5.56 Å². The summed E-state index contributed by atoms with van der Waals surface area (Å²) in [5.41, 5.74) is 1.36. The molecule has 3 rings (SSSR count). The van der Waals surface area contributed by atoms with Crippen LogP contribution in [0.5, 0.6) is 11.5 Å². The van der Waals surface area contributed by atoms with Crippen LogP contribution >= 0.6 is 23.5 Å². The Morgan fingerprint density at radius 3 is 3.00 bits per heavy atom. The fraction of sp³-hybridized carbons (Fsp3) is 0.167. The normalized spacial score (nSPS) is 19.5. The molecule has 0 saturated heterocycles. The quantitative estimate of drug-likeness (QED) is 0.740. The minimum atomic E-state index is -0.0167. The van der Waals surface area contributed by atoms with Crippen LogP contribution in [-0.4, -0.2) is 22.5 Å². The van der Waals surface area contributed by atoms with E-state index >= 15 is 0 Å². The molecule has 4 nitrogen and oxygen atoms in total.